The van der Waals surface area contributed by atoms with Crippen LogP contribution in [0.15, 0.2) is 25.2 Å². The summed E-state index contributed by atoms with van der Waals surface area (Å²) in [6.45, 7) is 6.25. The van der Waals surface area contributed by atoms with Crippen molar-refractivity contribution in [2.75, 3.05) is 11.9 Å². The number of hydrogen-bond donors (Lipinski definition) is 2. The minimum absolute atomic E-state index is 0. The molecule has 2 aromatic rings. The number of aromatic nitrogens is 3. The van der Waals surface area contributed by atoms with Crippen LogP contribution < -0.4 is 5.32 Å². The van der Waals surface area contributed by atoms with Gasteiger partial charge in [-0.3, -0.25) is 4.79 Å². The maximum Gasteiger partial charge on any atom is 0.246 e. The third-order valence-corrected chi connectivity index (χ3v) is 4.40. The van der Waals surface area contributed by atoms with Crippen LogP contribution in [0.3, 0.4) is 0 Å². The molecule has 0 radical (unpaired) electrons. The van der Waals surface area contributed by atoms with Crippen molar-refractivity contribution in [3.63, 3.8) is 0 Å². The predicted octanol–water partition coefficient (Wildman–Crippen LogP) is 2.70. The van der Waals surface area contributed by atoms with Crippen LogP contribution in [0.4, 0.5) is 5.82 Å². The number of nitrogens with one attached hydrogen (secondary N) is 2. The summed E-state index contributed by atoms with van der Waals surface area (Å²) < 4.78 is 0. The number of anilines is 1. The summed E-state index contributed by atoms with van der Waals surface area (Å²) in [6, 6.07) is 0.356. The minimum atomic E-state index is -0.0356. The second-order valence-corrected chi connectivity index (χ2v) is 5.95. The smallest absolute Gasteiger partial charge is 0.246 e. The van der Waals surface area contributed by atoms with E-state index in [2.05, 4.69) is 33.8 Å². The zero-order valence-corrected chi connectivity index (χ0v) is 14.6. The number of piperidine rings is 1. The first-order chi connectivity index (χ1) is 10.6. The lowest BCUT2D eigenvalue weighted by Gasteiger charge is -2.38. The van der Waals surface area contributed by atoms with E-state index in [4.69, 9.17) is 11.6 Å². The van der Waals surface area contributed by atoms with Gasteiger partial charge < -0.3 is 15.2 Å². The lowest BCUT2D eigenvalue weighted by molar-refractivity contribution is -0.129. The van der Waals surface area contributed by atoms with E-state index in [0.29, 0.717) is 23.0 Å². The van der Waals surface area contributed by atoms with Crippen molar-refractivity contribution in [2.45, 2.75) is 31.8 Å². The van der Waals surface area contributed by atoms with Gasteiger partial charge in [0.1, 0.15) is 17.8 Å². The molecule has 23 heavy (non-hydrogen) atoms. The molecule has 3 heterocycles. The molecule has 1 amide bonds. The maximum absolute atomic E-state index is 11.9. The number of carbonyl (C=O) groups is 1. The molecule has 6 nitrogen and oxygen atoms in total. The van der Waals surface area contributed by atoms with Crippen molar-refractivity contribution in [1.29, 1.82) is 0 Å². The van der Waals surface area contributed by atoms with Gasteiger partial charge in [-0.15, -0.1) is 0 Å². The van der Waals surface area contributed by atoms with Crippen molar-refractivity contribution in [1.82, 2.24) is 19.9 Å². The fraction of sp³-hybridized carbons (Fsp3) is 0.400. The Hall–Kier alpha value is -1.73. The molecule has 0 spiro atoms. The highest BCUT2D eigenvalue weighted by atomic mass is 35.5. The summed E-state index contributed by atoms with van der Waals surface area (Å²) in [7, 11) is 0. The molecule has 2 N–H and O–H groups in total. The third kappa shape index (κ3) is 3.45. The molecule has 1 aliphatic heterocycles. The van der Waals surface area contributed by atoms with Crippen LogP contribution in [0.1, 0.15) is 19.8 Å². The summed E-state index contributed by atoms with van der Waals surface area (Å²) >= 11 is 6.19. The Labute approximate surface area is 146 Å². The Morgan fingerprint density at radius 3 is 3.04 bits per heavy atom. The number of rotatable bonds is 3. The summed E-state index contributed by atoms with van der Waals surface area (Å²) in [5, 5.41) is 4.76. The molecular weight excluding hydrogens is 334 g/mol. The zero-order valence-electron chi connectivity index (χ0n) is 12.8. The highest BCUT2D eigenvalue weighted by Crippen LogP contribution is 2.29. The molecule has 8 heteroatoms. The van der Waals surface area contributed by atoms with Crippen LogP contribution >= 0.6 is 25.1 Å². The topological polar surface area (TPSA) is 73.9 Å². The van der Waals surface area contributed by atoms with E-state index in [-0.39, 0.29) is 31.5 Å². The Morgan fingerprint density at radius 2 is 2.30 bits per heavy atom. The van der Waals surface area contributed by atoms with Crippen LogP contribution in [0.5, 0.6) is 0 Å². The number of halogens is 1. The van der Waals surface area contributed by atoms with Gasteiger partial charge in [-0.1, -0.05) is 18.2 Å². The fourth-order valence-corrected chi connectivity index (χ4v) is 3.11. The van der Waals surface area contributed by atoms with Gasteiger partial charge in [0.2, 0.25) is 5.91 Å². The molecule has 0 bridgehead atoms. The first-order valence-corrected chi connectivity index (χ1v) is 7.65. The Bertz CT molecular complexity index is 719. The molecule has 1 saturated heterocycles. The van der Waals surface area contributed by atoms with E-state index in [9.17, 15) is 4.79 Å². The van der Waals surface area contributed by atoms with Crippen molar-refractivity contribution in [2.24, 2.45) is 0 Å². The lowest BCUT2D eigenvalue weighted by Crippen LogP contribution is -2.49. The Kier molecular flexibility index (Phi) is 5.54. The molecular formula is C15H20ClN5OS. The molecule has 0 unspecified atom stereocenters. The molecule has 3 rings (SSSR count). The summed E-state index contributed by atoms with van der Waals surface area (Å²) in [5.74, 6) is 0.660. The molecule has 0 aromatic carbocycles. The third-order valence-electron chi connectivity index (χ3n) is 4.10. The van der Waals surface area contributed by atoms with Gasteiger partial charge in [0, 0.05) is 24.8 Å². The number of aromatic amines is 1. The number of nitrogens with zero attached hydrogens (tertiary/aromatic N) is 3. The number of amides is 1. The van der Waals surface area contributed by atoms with Gasteiger partial charge in [0.25, 0.3) is 0 Å². The Balaban J connectivity index is 0.00000192. The van der Waals surface area contributed by atoms with Crippen molar-refractivity contribution in [3.8, 4) is 0 Å². The first kappa shape index (κ1) is 17.6. The molecule has 0 aliphatic carbocycles. The fourth-order valence-electron chi connectivity index (χ4n) is 2.88. The number of hydrogen-bond acceptors (Lipinski definition) is 4. The summed E-state index contributed by atoms with van der Waals surface area (Å²) in [6.07, 6.45) is 6.46. The number of carbonyl (C=O) groups excluding carboxylic acids is 1. The maximum atomic E-state index is 11.9. The van der Waals surface area contributed by atoms with Crippen LogP contribution in [0, 0.1) is 0 Å². The molecule has 1 aliphatic rings. The van der Waals surface area contributed by atoms with Gasteiger partial charge >= 0.3 is 0 Å². The van der Waals surface area contributed by atoms with Crippen LogP contribution in [-0.4, -0.2) is 44.4 Å². The average Bonchev–Trinajstić information content (AvgIpc) is 2.91. The monoisotopic (exact) mass is 353 g/mol. The van der Waals surface area contributed by atoms with Crippen molar-refractivity contribution < 1.29 is 4.79 Å². The van der Waals surface area contributed by atoms with Gasteiger partial charge in [0.05, 0.1) is 10.4 Å². The predicted molar refractivity (Wildman–Crippen MR) is 97.3 cm³/mol. The van der Waals surface area contributed by atoms with Crippen LogP contribution in [0.2, 0.25) is 5.02 Å². The summed E-state index contributed by atoms with van der Waals surface area (Å²) in [4.78, 5) is 25.2. The van der Waals surface area contributed by atoms with Gasteiger partial charge in [-0.05, 0) is 25.8 Å². The van der Waals surface area contributed by atoms with Crippen molar-refractivity contribution >= 4 is 47.9 Å². The van der Waals surface area contributed by atoms with Gasteiger partial charge in [0.15, 0.2) is 0 Å². The first-order valence-electron chi connectivity index (χ1n) is 7.27. The average molecular weight is 354 g/mol. The molecule has 2 atom stereocenters. The summed E-state index contributed by atoms with van der Waals surface area (Å²) in [5.41, 5.74) is 0.700. The number of likely N-dealkylation sites (tertiary alicyclic amines) is 1. The normalized spacial score (nSPS) is 20.9. The Morgan fingerprint density at radius 1 is 1.52 bits per heavy atom. The SMILES string of the molecule is C=CC(=O)N1C[C@H](Nc2ncnc3[nH]cc(Cl)c23)CC[C@@H]1C.S. The highest BCUT2D eigenvalue weighted by molar-refractivity contribution is 7.59. The second-order valence-electron chi connectivity index (χ2n) is 5.54. The quantitative estimate of drug-likeness (QED) is 0.832. The van der Waals surface area contributed by atoms with Crippen LogP contribution in [0.25, 0.3) is 11.0 Å². The minimum Gasteiger partial charge on any atom is -0.365 e. The zero-order chi connectivity index (χ0) is 15.7. The van der Waals surface area contributed by atoms with E-state index in [1.165, 1.54) is 12.4 Å². The van der Waals surface area contributed by atoms with E-state index >= 15 is 0 Å². The van der Waals surface area contributed by atoms with E-state index in [0.717, 1.165) is 18.2 Å². The lowest BCUT2D eigenvalue weighted by atomic mass is 9.99. The molecule has 0 saturated carbocycles. The van der Waals surface area contributed by atoms with Gasteiger partial charge in [-0.2, -0.15) is 13.5 Å². The number of H-pyrrole nitrogens is 1. The second kappa shape index (κ2) is 7.23. The highest BCUT2D eigenvalue weighted by Gasteiger charge is 2.28. The van der Waals surface area contributed by atoms with E-state index < -0.39 is 0 Å². The van der Waals surface area contributed by atoms with E-state index in [1.807, 2.05) is 4.90 Å². The largest absolute Gasteiger partial charge is 0.365 e. The molecule has 124 valence electrons. The van der Waals surface area contributed by atoms with Crippen molar-refractivity contribution in [3.05, 3.63) is 30.2 Å². The van der Waals surface area contributed by atoms with Crippen LogP contribution in [-0.2, 0) is 4.79 Å². The molecule has 2 aromatic heterocycles. The number of fused-ring (bicyclic) bond motifs is 1. The standard InChI is InChI=1S/C15H18ClN5O.H2S/c1-3-12(22)21-7-10(5-4-9(21)2)20-15-13-11(16)6-17-14(13)18-8-19-15;/h3,6,8-10H,1,4-5,7H2,2H3,(H2,17,18,19,20);1H2/t9-,10+;/m0./s1. The van der Waals surface area contributed by atoms with Gasteiger partial charge in [-0.25, -0.2) is 9.97 Å². The van der Waals surface area contributed by atoms with E-state index in [1.54, 1.807) is 6.20 Å². The molecule has 1 fully saturated rings.